The molecule has 0 saturated carbocycles. The minimum Gasteiger partial charge on any atom is -0.333 e. The molecule has 0 spiro atoms. The summed E-state index contributed by atoms with van der Waals surface area (Å²) in [6.45, 7) is 8.78. The van der Waals surface area contributed by atoms with Crippen LogP contribution in [-0.4, -0.2) is 46.8 Å². The van der Waals surface area contributed by atoms with Crippen molar-refractivity contribution in [2.24, 2.45) is 0 Å². The number of sulfonamides is 1. The first kappa shape index (κ1) is 20.0. The SMILES string of the molecule is CCc1ccc(S(=O)(=O)N2CCCn3cnc(CN(C)C(C)C)c3C2)cc1. The number of rotatable bonds is 6. The fourth-order valence-electron chi connectivity index (χ4n) is 3.29. The van der Waals surface area contributed by atoms with Gasteiger partial charge in [0, 0.05) is 25.7 Å². The van der Waals surface area contributed by atoms with Crippen molar-refractivity contribution in [2.75, 3.05) is 13.6 Å². The summed E-state index contributed by atoms with van der Waals surface area (Å²) in [4.78, 5) is 7.16. The predicted molar refractivity (Wildman–Crippen MR) is 107 cm³/mol. The second-order valence-corrected chi connectivity index (χ2v) is 9.47. The van der Waals surface area contributed by atoms with Crippen LogP contribution in [-0.2, 0) is 36.1 Å². The zero-order valence-electron chi connectivity index (χ0n) is 16.7. The van der Waals surface area contributed by atoms with Crippen molar-refractivity contribution in [1.82, 2.24) is 18.8 Å². The molecule has 0 amide bonds. The van der Waals surface area contributed by atoms with Crippen molar-refractivity contribution >= 4 is 10.0 Å². The van der Waals surface area contributed by atoms with Crippen LogP contribution in [0.25, 0.3) is 0 Å². The normalized spacial score (nSPS) is 15.9. The minimum atomic E-state index is -3.51. The van der Waals surface area contributed by atoms with Crippen LogP contribution < -0.4 is 0 Å². The summed E-state index contributed by atoms with van der Waals surface area (Å²) < 4.78 is 30.1. The van der Waals surface area contributed by atoms with Gasteiger partial charge in [0.25, 0.3) is 0 Å². The third kappa shape index (κ3) is 4.25. The van der Waals surface area contributed by atoms with Gasteiger partial charge in [-0.05, 0) is 51.4 Å². The van der Waals surface area contributed by atoms with Gasteiger partial charge in [0.05, 0.1) is 29.2 Å². The van der Waals surface area contributed by atoms with Crippen LogP contribution in [0, 0.1) is 0 Å². The molecule has 2 heterocycles. The van der Waals surface area contributed by atoms with Gasteiger partial charge in [-0.3, -0.25) is 4.90 Å². The first-order valence-corrected chi connectivity index (χ1v) is 11.1. The Kier molecular flexibility index (Phi) is 6.03. The number of benzene rings is 1. The Balaban J connectivity index is 1.87. The van der Waals surface area contributed by atoms with Crippen molar-refractivity contribution in [3.05, 3.63) is 47.5 Å². The van der Waals surface area contributed by atoms with Gasteiger partial charge >= 0.3 is 0 Å². The summed E-state index contributed by atoms with van der Waals surface area (Å²) in [7, 11) is -1.45. The highest BCUT2D eigenvalue weighted by atomic mass is 32.2. The highest BCUT2D eigenvalue weighted by Crippen LogP contribution is 2.24. The highest BCUT2D eigenvalue weighted by Gasteiger charge is 2.29. The van der Waals surface area contributed by atoms with E-state index in [4.69, 9.17) is 0 Å². The third-order valence-electron chi connectivity index (χ3n) is 5.42. The van der Waals surface area contributed by atoms with Crippen molar-refractivity contribution < 1.29 is 8.42 Å². The number of imidazole rings is 1. The number of aryl methyl sites for hydroxylation is 2. The largest absolute Gasteiger partial charge is 0.333 e. The zero-order chi connectivity index (χ0) is 19.6. The average Bonchev–Trinajstić information content (AvgIpc) is 2.89. The van der Waals surface area contributed by atoms with Crippen LogP contribution in [0.2, 0.25) is 0 Å². The molecule has 2 aromatic rings. The van der Waals surface area contributed by atoms with Gasteiger partial charge in [0.1, 0.15) is 0 Å². The van der Waals surface area contributed by atoms with Crippen molar-refractivity contribution in [3.8, 4) is 0 Å². The van der Waals surface area contributed by atoms with Crippen molar-refractivity contribution in [2.45, 2.75) is 64.2 Å². The first-order valence-electron chi connectivity index (χ1n) is 9.65. The lowest BCUT2D eigenvalue weighted by Gasteiger charge is -2.23. The number of fused-ring (bicyclic) bond motifs is 1. The molecule has 6 nitrogen and oxygen atoms in total. The molecule has 0 atom stereocenters. The molecule has 0 bridgehead atoms. The third-order valence-corrected chi connectivity index (χ3v) is 7.27. The summed E-state index contributed by atoms with van der Waals surface area (Å²) in [5, 5.41) is 0. The summed E-state index contributed by atoms with van der Waals surface area (Å²) in [5.74, 6) is 0. The predicted octanol–water partition coefficient (Wildman–Crippen LogP) is 2.88. The molecule has 1 aliphatic rings. The van der Waals surface area contributed by atoms with Gasteiger partial charge < -0.3 is 4.57 Å². The van der Waals surface area contributed by atoms with Crippen molar-refractivity contribution in [3.63, 3.8) is 0 Å². The van der Waals surface area contributed by atoms with E-state index < -0.39 is 10.0 Å². The average molecular weight is 391 g/mol. The van der Waals surface area contributed by atoms with Crippen LogP contribution in [0.3, 0.4) is 0 Å². The van der Waals surface area contributed by atoms with Crippen LogP contribution in [0.15, 0.2) is 35.5 Å². The van der Waals surface area contributed by atoms with Crippen LogP contribution in [0.4, 0.5) is 0 Å². The highest BCUT2D eigenvalue weighted by molar-refractivity contribution is 7.89. The van der Waals surface area contributed by atoms with E-state index in [9.17, 15) is 8.42 Å². The number of nitrogens with zero attached hydrogens (tertiary/aromatic N) is 4. The molecule has 0 aliphatic carbocycles. The van der Waals surface area contributed by atoms with E-state index >= 15 is 0 Å². The number of aromatic nitrogens is 2. The molecule has 3 rings (SSSR count). The smallest absolute Gasteiger partial charge is 0.243 e. The lowest BCUT2D eigenvalue weighted by molar-refractivity contribution is 0.261. The van der Waals surface area contributed by atoms with Crippen LogP contribution >= 0.6 is 0 Å². The maximum Gasteiger partial charge on any atom is 0.243 e. The Hall–Kier alpha value is -1.70. The molecule has 0 unspecified atom stereocenters. The molecule has 27 heavy (non-hydrogen) atoms. The second-order valence-electron chi connectivity index (χ2n) is 7.53. The topological polar surface area (TPSA) is 58.4 Å². The lowest BCUT2D eigenvalue weighted by Crippen LogP contribution is -2.32. The van der Waals surface area contributed by atoms with Gasteiger partial charge in [0.2, 0.25) is 10.0 Å². The van der Waals surface area contributed by atoms with Gasteiger partial charge in [-0.25, -0.2) is 13.4 Å². The van der Waals surface area contributed by atoms with Gasteiger partial charge in [0.15, 0.2) is 0 Å². The van der Waals surface area contributed by atoms with E-state index in [1.807, 2.05) is 18.5 Å². The fourth-order valence-corrected chi connectivity index (χ4v) is 4.73. The zero-order valence-corrected chi connectivity index (χ0v) is 17.5. The monoisotopic (exact) mass is 390 g/mol. The molecule has 7 heteroatoms. The Labute approximate surface area is 162 Å². The van der Waals surface area contributed by atoms with Crippen LogP contribution in [0.1, 0.15) is 44.1 Å². The van der Waals surface area contributed by atoms with Crippen LogP contribution in [0.5, 0.6) is 0 Å². The van der Waals surface area contributed by atoms with E-state index in [0.29, 0.717) is 24.0 Å². The Bertz CT molecular complexity index is 872. The molecule has 1 aromatic carbocycles. The molecule has 1 aliphatic heterocycles. The quantitative estimate of drug-likeness (QED) is 0.761. The summed E-state index contributed by atoms with van der Waals surface area (Å²) in [5.41, 5.74) is 3.12. The molecule has 0 fully saturated rings. The lowest BCUT2D eigenvalue weighted by atomic mass is 10.2. The summed E-state index contributed by atoms with van der Waals surface area (Å²) in [6.07, 6.45) is 3.54. The van der Waals surface area contributed by atoms with Crippen molar-refractivity contribution in [1.29, 1.82) is 0 Å². The number of hydrogen-bond acceptors (Lipinski definition) is 4. The van der Waals surface area contributed by atoms with Gasteiger partial charge in [-0.15, -0.1) is 0 Å². The molecule has 0 radical (unpaired) electrons. The van der Waals surface area contributed by atoms with E-state index in [-0.39, 0.29) is 0 Å². The summed E-state index contributed by atoms with van der Waals surface area (Å²) in [6, 6.07) is 7.66. The molecule has 0 N–H and O–H groups in total. The molecular weight excluding hydrogens is 360 g/mol. The van der Waals surface area contributed by atoms with Gasteiger partial charge in [-0.2, -0.15) is 4.31 Å². The van der Waals surface area contributed by atoms with E-state index in [1.165, 1.54) is 0 Å². The second kappa shape index (κ2) is 8.12. The summed E-state index contributed by atoms with van der Waals surface area (Å²) >= 11 is 0. The minimum absolute atomic E-state index is 0.369. The Morgan fingerprint density at radius 1 is 1.19 bits per heavy atom. The number of hydrogen-bond donors (Lipinski definition) is 0. The van der Waals surface area contributed by atoms with Gasteiger partial charge in [-0.1, -0.05) is 19.1 Å². The van der Waals surface area contributed by atoms with E-state index in [0.717, 1.165) is 42.9 Å². The molecule has 1 aromatic heterocycles. The first-order chi connectivity index (χ1) is 12.8. The molecule has 148 valence electrons. The van der Waals surface area contributed by atoms with E-state index in [2.05, 4.69) is 42.3 Å². The fraction of sp³-hybridized carbons (Fsp3) is 0.550. The van der Waals surface area contributed by atoms with E-state index in [1.54, 1.807) is 16.4 Å². The maximum absolute atomic E-state index is 13.2. The maximum atomic E-state index is 13.2. The standard InChI is InChI=1S/C20H30N4O2S/c1-5-17-7-9-18(10-8-17)27(25,26)24-12-6-11-23-15-21-19(20(23)14-24)13-22(4)16(2)3/h7-10,15-16H,5-6,11-14H2,1-4H3. The molecular formula is C20H30N4O2S. The Morgan fingerprint density at radius 2 is 1.89 bits per heavy atom. The molecule has 0 saturated heterocycles. The Morgan fingerprint density at radius 3 is 2.52 bits per heavy atom.